The highest BCUT2D eigenvalue weighted by Gasteiger charge is 2.17. The number of halogens is 1. The number of aryl methyl sites for hydroxylation is 1. The largest absolute Gasteiger partial charge is 0.496 e. The fraction of sp³-hybridized carbons (Fsp3) is 0.308. The molecule has 0 aliphatic rings. The number of carbonyl (C=O) groups is 1. The molecule has 96 valence electrons. The van der Waals surface area contributed by atoms with Crippen molar-refractivity contribution in [2.75, 3.05) is 14.2 Å². The first kappa shape index (κ1) is 13.0. The lowest BCUT2D eigenvalue weighted by atomic mass is 10.1. The fourth-order valence-corrected chi connectivity index (χ4v) is 2.76. The number of H-pyrrole nitrogens is 1. The summed E-state index contributed by atoms with van der Waals surface area (Å²) in [6.07, 6.45) is 0.244. The second-order valence-electron chi connectivity index (χ2n) is 3.99. The zero-order valence-electron chi connectivity index (χ0n) is 10.5. The van der Waals surface area contributed by atoms with Gasteiger partial charge >= 0.3 is 5.97 Å². The first-order valence-electron chi connectivity index (χ1n) is 5.49. The van der Waals surface area contributed by atoms with Crippen LogP contribution in [0.15, 0.2) is 16.6 Å². The van der Waals surface area contributed by atoms with E-state index in [-0.39, 0.29) is 12.4 Å². The maximum Gasteiger partial charge on any atom is 0.310 e. The zero-order valence-corrected chi connectivity index (χ0v) is 12.1. The molecule has 4 nitrogen and oxygen atoms in total. The standard InChI is InChI=1S/C13H14BrNO3/c1-7-8(6-11(16)18-3)12-9(15-7)4-5-10(17-2)13(12)14/h4-5,15H,6H2,1-3H3. The van der Waals surface area contributed by atoms with Gasteiger partial charge in [0.05, 0.1) is 25.1 Å². The molecule has 1 heterocycles. The number of ether oxygens (including phenoxy) is 2. The number of hydrogen-bond donors (Lipinski definition) is 1. The molecule has 0 spiro atoms. The fourth-order valence-electron chi connectivity index (χ4n) is 2.02. The molecule has 0 aliphatic carbocycles. The molecule has 1 N–H and O–H groups in total. The molecule has 2 rings (SSSR count). The summed E-state index contributed by atoms with van der Waals surface area (Å²) < 4.78 is 10.8. The van der Waals surface area contributed by atoms with E-state index in [1.165, 1.54) is 7.11 Å². The van der Waals surface area contributed by atoms with Gasteiger partial charge in [-0.1, -0.05) is 0 Å². The zero-order chi connectivity index (χ0) is 13.3. The van der Waals surface area contributed by atoms with E-state index in [0.717, 1.165) is 32.4 Å². The summed E-state index contributed by atoms with van der Waals surface area (Å²) in [6.45, 7) is 1.94. The topological polar surface area (TPSA) is 51.3 Å². The predicted molar refractivity (Wildman–Crippen MR) is 73.0 cm³/mol. The molecule has 2 aromatic rings. The normalized spacial score (nSPS) is 10.7. The van der Waals surface area contributed by atoms with Gasteiger partial charge in [-0.2, -0.15) is 0 Å². The van der Waals surface area contributed by atoms with Crippen molar-refractivity contribution < 1.29 is 14.3 Å². The van der Waals surface area contributed by atoms with Crippen molar-refractivity contribution in [2.24, 2.45) is 0 Å². The summed E-state index contributed by atoms with van der Waals surface area (Å²) >= 11 is 3.52. The molecule has 0 atom stereocenters. The molecule has 1 aromatic carbocycles. The Bertz CT molecular complexity index is 604. The first-order chi connectivity index (χ1) is 8.58. The lowest BCUT2D eigenvalue weighted by Gasteiger charge is -2.06. The number of aromatic amines is 1. The number of hydrogen-bond acceptors (Lipinski definition) is 3. The highest BCUT2D eigenvalue weighted by atomic mass is 79.9. The average Bonchev–Trinajstić information content (AvgIpc) is 2.67. The number of nitrogens with one attached hydrogen (secondary N) is 1. The molecule has 0 amide bonds. The smallest absolute Gasteiger partial charge is 0.310 e. The third kappa shape index (κ3) is 2.10. The van der Waals surface area contributed by atoms with E-state index in [1.54, 1.807) is 7.11 Å². The highest BCUT2D eigenvalue weighted by molar-refractivity contribution is 9.10. The number of benzene rings is 1. The van der Waals surface area contributed by atoms with Crippen molar-refractivity contribution in [2.45, 2.75) is 13.3 Å². The van der Waals surface area contributed by atoms with Crippen LogP contribution in [0, 0.1) is 6.92 Å². The van der Waals surface area contributed by atoms with Gasteiger partial charge < -0.3 is 14.5 Å². The minimum Gasteiger partial charge on any atom is -0.496 e. The number of methoxy groups -OCH3 is 2. The third-order valence-corrected chi connectivity index (χ3v) is 3.74. The van der Waals surface area contributed by atoms with E-state index in [4.69, 9.17) is 9.47 Å². The molecule has 0 fully saturated rings. The number of rotatable bonds is 3. The Morgan fingerprint density at radius 2 is 2.11 bits per heavy atom. The molecular formula is C13H14BrNO3. The van der Waals surface area contributed by atoms with E-state index in [1.807, 2.05) is 19.1 Å². The Morgan fingerprint density at radius 1 is 1.39 bits per heavy atom. The van der Waals surface area contributed by atoms with Crippen molar-refractivity contribution in [3.63, 3.8) is 0 Å². The lowest BCUT2D eigenvalue weighted by molar-refractivity contribution is -0.139. The van der Waals surface area contributed by atoms with Crippen LogP contribution in [0.5, 0.6) is 5.75 Å². The number of aromatic nitrogens is 1. The van der Waals surface area contributed by atoms with Gasteiger partial charge in [-0.3, -0.25) is 4.79 Å². The molecule has 18 heavy (non-hydrogen) atoms. The summed E-state index contributed by atoms with van der Waals surface area (Å²) in [4.78, 5) is 14.7. The summed E-state index contributed by atoms with van der Waals surface area (Å²) in [6, 6.07) is 3.82. The molecule has 0 unspecified atom stereocenters. The van der Waals surface area contributed by atoms with E-state index >= 15 is 0 Å². The number of fused-ring (bicyclic) bond motifs is 1. The maximum absolute atomic E-state index is 11.5. The summed E-state index contributed by atoms with van der Waals surface area (Å²) in [7, 11) is 3.01. The Balaban J connectivity index is 2.64. The minimum absolute atomic E-state index is 0.244. The van der Waals surface area contributed by atoms with Crippen molar-refractivity contribution in [3.8, 4) is 5.75 Å². The van der Waals surface area contributed by atoms with Gasteiger partial charge in [0.25, 0.3) is 0 Å². The van der Waals surface area contributed by atoms with Crippen molar-refractivity contribution in [1.82, 2.24) is 4.98 Å². The second kappa shape index (κ2) is 5.02. The van der Waals surface area contributed by atoms with Gasteiger partial charge in [-0.05, 0) is 40.5 Å². The van der Waals surface area contributed by atoms with Crippen LogP contribution in [-0.2, 0) is 16.0 Å². The van der Waals surface area contributed by atoms with Gasteiger partial charge in [0, 0.05) is 16.6 Å². The van der Waals surface area contributed by atoms with Crippen LogP contribution in [0.3, 0.4) is 0 Å². The molecule has 0 saturated heterocycles. The van der Waals surface area contributed by atoms with Crippen LogP contribution in [0.25, 0.3) is 10.9 Å². The van der Waals surface area contributed by atoms with Crippen LogP contribution in [0.4, 0.5) is 0 Å². The predicted octanol–water partition coefficient (Wildman–Crippen LogP) is 2.96. The molecule has 0 radical (unpaired) electrons. The number of carbonyl (C=O) groups excluding carboxylic acids is 1. The number of esters is 1. The Morgan fingerprint density at radius 3 is 2.72 bits per heavy atom. The summed E-state index contributed by atoms with van der Waals surface area (Å²) in [5, 5.41) is 0.970. The van der Waals surface area contributed by atoms with Gasteiger partial charge in [-0.15, -0.1) is 0 Å². The van der Waals surface area contributed by atoms with Crippen LogP contribution >= 0.6 is 15.9 Å². The van der Waals surface area contributed by atoms with E-state index in [0.29, 0.717) is 0 Å². The van der Waals surface area contributed by atoms with E-state index in [2.05, 4.69) is 20.9 Å². The van der Waals surface area contributed by atoms with Gasteiger partial charge in [-0.25, -0.2) is 0 Å². The maximum atomic E-state index is 11.5. The Hall–Kier alpha value is -1.49. The summed E-state index contributed by atoms with van der Waals surface area (Å²) in [5.74, 6) is 0.487. The van der Waals surface area contributed by atoms with Crippen LogP contribution in [0.1, 0.15) is 11.3 Å². The molecule has 0 bridgehead atoms. The highest BCUT2D eigenvalue weighted by Crippen LogP contribution is 2.36. The van der Waals surface area contributed by atoms with Crippen LogP contribution in [0.2, 0.25) is 0 Å². The van der Waals surface area contributed by atoms with Gasteiger partial charge in [0.15, 0.2) is 0 Å². The average molecular weight is 312 g/mol. The lowest BCUT2D eigenvalue weighted by Crippen LogP contribution is -2.05. The van der Waals surface area contributed by atoms with Gasteiger partial charge in [0.2, 0.25) is 0 Å². The third-order valence-electron chi connectivity index (χ3n) is 2.95. The second-order valence-corrected chi connectivity index (χ2v) is 4.78. The minimum atomic E-state index is -0.256. The van der Waals surface area contributed by atoms with Crippen molar-refractivity contribution in [1.29, 1.82) is 0 Å². The quantitative estimate of drug-likeness (QED) is 0.887. The summed E-state index contributed by atoms with van der Waals surface area (Å²) in [5.41, 5.74) is 2.87. The molecular weight excluding hydrogens is 298 g/mol. The molecule has 0 saturated carbocycles. The Kier molecular flexibility index (Phi) is 3.61. The van der Waals surface area contributed by atoms with E-state index < -0.39 is 0 Å². The Labute approximate surface area is 113 Å². The van der Waals surface area contributed by atoms with Gasteiger partial charge in [0.1, 0.15) is 5.75 Å². The molecule has 1 aromatic heterocycles. The van der Waals surface area contributed by atoms with Crippen molar-refractivity contribution in [3.05, 3.63) is 27.9 Å². The van der Waals surface area contributed by atoms with E-state index in [9.17, 15) is 4.79 Å². The SMILES string of the molecule is COC(=O)Cc1c(C)[nH]c2ccc(OC)c(Br)c12. The monoisotopic (exact) mass is 311 g/mol. The molecule has 5 heteroatoms. The van der Waals surface area contributed by atoms with Crippen LogP contribution < -0.4 is 4.74 Å². The van der Waals surface area contributed by atoms with Crippen LogP contribution in [-0.4, -0.2) is 25.2 Å². The first-order valence-corrected chi connectivity index (χ1v) is 6.28. The molecule has 0 aliphatic heterocycles. The van der Waals surface area contributed by atoms with Crippen molar-refractivity contribution >= 4 is 32.8 Å².